The molecule has 1 atom stereocenters. The molecule has 0 heteroatoms. The van der Waals surface area contributed by atoms with Gasteiger partial charge in [0.15, 0.2) is 0 Å². The van der Waals surface area contributed by atoms with Gasteiger partial charge in [0.25, 0.3) is 0 Å². The summed E-state index contributed by atoms with van der Waals surface area (Å²) in [5, 5.41) is 0. The molecular weight excluding hydrogens is 432 g/mol. The molecule has 0 aromatic heterocycles. The molecule has 180 valence electrons. The van der Waals surface area contributed by atoms with Crippen LogP contribution in [0.25, 0.3) is 16.7 Å². The maximum absolute atomic E-state index is 4.57. The highest BCUT2D eigenvalue weighted by Crippen LogP contribution is 2.45. The minimum absolute atomic E-state index is 0.0417. The Morgan fingerprint density at radius 2 is 1.53 bits per heavy atom. The maximum Gasteiger partial charge on any atom is 0.0284 e. The van der Waals surface area contributed by atoms with E-state index >= 15 is 0 Å². The third-order valence-electron chi connectivity index (χ3n) is 7.40. The van der Waals surface area contributed by atoms with Crippen LogP contribution in [0, 0.1) is 19.8 Å². The second kappa shape index (κ2) is 9.43. The molecule has 0 spiro atoms. The fraction of sp³-hybridized carbons (Fsp3) is 0.222. The SMILES string of the molecule is C=C(Cc1ccc(C)cc1)c1cc(C2=CC=CC3C2=CC=C3c2cccc(C)c2)ccc1C(C)(C)C. The molecule has 0 amide bonds. The third-order valence-corrected chi connectivity index (χ3v) is 7.40. The second-order valence-electron chi connectivity index (χ2n) is 11.3. The lowest BCUT2D eigenvalue weighted by Crippen LogP contribution is -2.15. The molecule has 0 fully saturated rings. The Labute approximate surface area is 217 Å². The molecule has 3 aromatic carbocycles. The second-order valence-corrected chi connectivity index (χ2v) is 11.3. The monoisotopic (exact) mass is 468 g/mol. The molecule has 5 rings (SSSR count). The fourth-order valence-electron chi connectivity index (χ4n) is 5.45. The topological polar surface area (TPSA) is 0 Å². The van der Waals surface area contributed by atoms with Crippen molar-refractivity contribution in [3.05, 3.63) is 148 Å². The van der Waals surface area contributed by atoms with Gasteiger partial charge < -0.3 is 0 Å². The van der Waals surface area contributed by atoms with Crippen molar-refractivity contribution in [1.82, 2.24) is 0 Å². The molecule has 0 aliphatic heterocycles. The average molecular weight is 469 g/mol. The van der Waals surface area contributed by atoms with Crippen LogP contribution < -0.4 is 0 Å². The molecule has 0 bridgehead atoms. The van der Waals surface area contributed by atoms with Gasteiger partial charge in [0.05, 0.1) is 0 Å². The van der Waals surface area contributed by atoms with Crippen molar-refractivity contribution in [2.24, 2.45) is 5.92 Å². The number of aryl methyl sites for hydroxylation is 2. The molecule has 3 aromatic rings. The first kappa shape index (κ1) is 24.1. The van der Waals surface area contributed by atoms with Gasteiger partial charge in [-0.15, -0.1) is 0 Å². The van der Waals surface area contributed by atoms with E-state index in [9.17, 15) is 0 Å². The summed E-state index contributed by atoms with van der Waals surface area (Å²) in [5.74, 6) is 0.299. The summed E-state index contributed by atoms with van der Waals surface area (Å²) in [7, 11) is 0. The Morgan fingerprint density at radius 1 is 0.778 bits per heavy atom. The number of rotatable bonds is 5. The standard InChI is InChI=1S/C36H36/c1-24-13-15-27(16-14-24)22-26(3)34-23-29(17-20-35(34)36(4,5)6)30-11-8-12-32-31(18-19-33(30)32)28-10-7-9-25(2)21-28/h7-21,23,32H,3,22H2,1-2,4-6H3. The highest BCUT2D eigenvalue weighted by molar-refractivity contribution is 5.92. The van der Waals surface area contributed by atoms with E-state index in [0.717, 1.165) is 6.42 Å². The average Bonchev–Trinajstić information content (AvgIpc) is 3.29. The van der Waals surface area contributed by atoms with E-state index < -0.39 is 0 Å². The Balaban J connectivity index is 1.49. The summed E-state index contributed by atoms with van der Waals surface area (Å²) in [5.41, 5.74) is 14.4. The number of allylic oxidation sites excluding steroid dienone is 9. The number of benzene rings is 3. The van der Waals surface area contributed by atoms with E-state index in [2.05, 4.69) is 138 Å². The van der Waals surface area contributed by atoms with Crippen LogP contribution in [0.3, 0.4) is 0 Å². The van der Waals surface area contributed by atoms with Crippen LogP contribution in [0.5, 0.6) is 0 Å². The molecule has 0 saturated carbocycles. The number of hydrogen-bond acceptors (Lipinski definition) is 0. The van der Waals surface area contributed by atoms with Gasteiger partial charge in [-0.3, -0.25) is 0 Å². The van der Waals surface area contributed by atoms with Crippen molar-refractivity contribution >= 4 is 16.7 Å². The van der Waals surface area contributed by atoms with Crippen LogP contribution in [-0.4, -0.2) is 0 Å². The van der Waals surface area contributed by atoms with Crippen LogP contribution in [0.15, 0.2) is 109 Å². The molecule has 2 aliphatic carbocycles. The van der Waals surface area contributed by atoms with Crippen LogP contribution >= 0.6 is 0 Å². The first-order chi connectivity index (χ1) is 17.2. The van der Waals surface area contributed by atoms with Crippen LogP contribution in [0.2, 0.25) is 0 Å². The van der Waals surface area contributed by atoms with Gasteiger partial charge in [-0.1, -0.05) is 130 Å². The first-order valence-electron chi connectivity index (χ1n) is 13.0. The van der Waals surface area contributed by atoms with E-state index in [4.69, 9.17) is 0 Å². The molecule has 1 unspecified atom stereocenters. The predicted molar refractivity (Wildman–Crippen MR) is 157 cm³/mol. The van der Waals surface area contributed by atoms with Gasteiger partial charge in [0, 0.05) is 5.92 Å². The van der Waals surface area contributed by atoms with Gasteiger partial charge in [-0.05, 0) is 81.9 Å². The van der Waals surface area contributed by atoms with Gasteiger partial charge in [-0.2, -0.15) is 0 Å². The number of hydrogen-bond donors (Lipinski definition) is 0. The van der Waals surface area contributed by atoms with Gasteiger partial charge in [0.2, 0.25) is 0 Å². The minimum atomic E-state index is 0.0417. The molecule has 0 saturated heterocycles. The molecule has 2 aliphatic rings. The normalized spacial score (nSPS) is 16.8. The zero-order valence-corrected chi connectivity index (χ0v) is 22.2. The molecule has 0 N–H and O–H groups in total. The van der Waals surface area contributed by atoms with Gasteiger partial charge in [-0.25, -0.2) is 0 Å². The summed E-state index contributed by atoms with van der Waals surface area (Å²) in [6.45, 7) is 15.7. The molecular formula is C36H36. The number of fused-ring (bicyclic) bond motifs is 1. The van der Waals surface area contributed by atoms with E-state index in [1.165, 1.54) is 61.2 Å². The highest BCUT2D eigenvalue weighted by atomic mass is 14.3. The highest BCUT2D eigenvalue weighted by Gasteiger charge is 2.28. The summed E-state index contributed by atoms with van der Waals surface area (Å²) < 4.78 is 0. The van der Waals surface area contributed by atoms with Crippen LogP contribution in [0.1, 0.15) is 59.7 Å². The minimum Gasteiger partial charge on any atom is -0.0949 e. The van der Waals surface area contributed by atoms with E-state index in [0.29, 0.717) is 5.92 Å². The Bertz CT molecular complexity index is 1440. The zero-order valence-electron chi connectivity index (χ0n) is 22.2. The van der Waals surface area contributed by atoms with Crippen molar-refractivity contribution in [2.45, 2.75) is 46.5 Å². The smallest absolute Gasteiger partial charge is 0.0284 e. The van der Waals surface area contributed by atoms with Crippen molar-refractivity contribution in [3.8, 4) is 0 Å². The molecule has 0 nitrogen and oxygen atoms in total. The largest absolute Gasteiger partial charge is 0.0949 e. The van der Waals surface area contributed by atoms with Crippen molar-refractivity contribution in [3.63, 3.8) is 0 Å². The lowest BCUT2D eigenvalue weighted by molar-refractivity contribution is 0.588. The van der Waals surface area contributed by atoms with Crippen molar-refractivity contribution < 1.29 is 0 Å². The predicted octanol–water partition coefficient (Wildman–Crippen LogP) is 9.45. The zero-order chi connectivity index (χ0) is 25.4. The lowest BCUT2D eigenvalue weighted by Gasteiger charge is -2.27. The first-order valence-corrected chi connectivity index (χ1v) is 13.0. The molecule has 0 radical (unpaired) electrons. The van der Waals surface area contributed by atoms with Crippen molar-refractivity contribution in [2.75, 3.05) is 0 Å². The van der Waals surface area contributed by atoms with E-state index in [1.54, 1.807) is 0 Å². The molecule has 36 heavy (non-hydrogen) atoms. The molecule has 0 heterocycles. The van der Waals surface area contributed by atoms with Crippen LogP contribution in [-0.2, 0) is 11.8 Å². The maximum atomic E-state index is 4.57. The lowest BCUT2D eigenvalue weighted by atomic mass is 9.77. The third kappa shape index (κ3) is 4.73. The van der Waals surface area contributed by atoms with E-state index in [-0.39, 0.29) is 5.41 Å². The summed E-state index contributed by atoms with van der Waals surface area (Å²) in [4.78, 5) is 0. The Morgan fingerprint density at radius 3 is 2.25 bits per heavy atom. The Hall–Kier alpha value is -3.64. The fourth-order valence-corrected chi connectivity index (χ4v) is 5.45. The summed E-state index contributed by atoms with van der Waals surface area (Å²) in [6.07, 6.45) is 12.3. The Kier molecular flexibility index (Phi) is 6.31. The summed E-state index contributed by atoms with van der Waals surface area (Å²) >= 11 is 0. The van der Waals surface area contributed by atoms with E-state index in [1.807, 2.05) is 0 Å². The summed E-state index contributed by atoms with van der Waals surface area (Å²) in [6, 6.07) is 24.7. The van der Waals surface area contributed by atoms with Crippen molar-refractivity contribution in [1.29, 1.82) is 0 Å². The van der Waals surface area contributed by atoms with Gasteiger partial charge >= 0.3 is 0 Å². The van der Waals surface area contributed by atoms with Gasteiger partial charge in [0.1, 0.15) is 0 Å². The van der Waals surface area contributed by atoms with Crippen LogP contribution in [0.4, 0.5) is 0 Å². The quantitative estimate of drug-likeness (QED) is 0.350.